The largest absolute Gasteiger partial charge is 0.361 e. The van der Waals surface area contributed by atoms with E-state index in [1.54, 1.807) is 6.20 Å². The molecular formula is C18H20N4O2. The van der Waals surface area contributed by atoms with E-state index in [9.17, 15) is 4.79 Å². The number of nitrogens with one attached hydrogen (secondary N) is 1. The molecule has 0 fully saturated rings. The summed E-state index contributed by atoms with van der Waals surface area (Å²) in [5.41, 5.74) is 2.56. The molecule has 124 valence electrons. The van der Waals surface area contributed by atoms with Gasteiger partial charge in [-0.1, -0.05) is 35.5 Å². The second-order valence-electron chi connectivity index (χ2n) is 5.79. The van der Waals surface area contributed by atoms with E-state index in [4.69, 9.17) is 4.52 Å². The van der Waals surface area contributed by atoms with Gasteiger partial charge in [0, 0.05) is 25.0 Å². The molecule has 1 N–H and O–H groups in total. The van der Waals surface area contributed by atoms with Crippen molar-refractivity contribution in [2.45, 2.75) is 26.3 Å². The molecule has 1 atom stereocenters. The number of carbonyl (C=O) groups excluding carboxylic acids is 1. The Morgan fingerprint density at radius 1 is 1.29 bits per heavy atom. The van der Waals surface area contributed by atoms with Crippen molar-refractivity contribution in [1.82, 2.24) is 20.0 Å². The fourth-order valence-electron chi connectivity index (χ4n) is 2.72. The van der Waals surface area contributed by atoms with Crippen LogP contribution in [0.15, 0.2) is 47.2 Å². The van der Waals surface area contributed by atoms with Gasteiger partial charge in [-0.25, -0.2) is 4.98 Å². The van der Waals surface area contributed by atoms with Crippen LogP contribution in [-0.2, 0) is 18.3 Å². The summed E-state index contributed by atoms with van der Waals surface area (Å²) in [6, 6.07) is 9.51. The van der Waals surface area contributed by atoms with Gasteiger partial charge in [0.2, 0.25) is 5.91 Å². The van der Waals surface area contributed by atoms with Gasteiger partial charge in [-0.2, -0.15) is 0 Å². The highest BCUT2D eigenvalue weighted by molar-refractivity contribution is 5.79. The molecule has 1 aromatic carbocycles. The van der Waals surface area contributed by atoms with Crippen molar-refractivity contribution in [2.75, 3.05) is 0 Å². The van der Waals surface area contributed by atoms with Crippen LogP contribution in [0.5, 0.6) is 0 Å². The summed E-state index contributed by atoms with van der Waals surface area (Å²) in [5, 5.41) is 6.98. The van der Waals surface area contributed by atoms with Crippen molar-refractivity contribution in [3.63, 3.8) is 0 Å². The van der Waals surface area contributed by atoms with Gasteiger partial charge in [0.05, 0.1) is 12.1 Å². The highest BCUT2D eigenvalue weighted by Crippen LogP contribution is 2.21. The minimum Gasteiger partial charge on any atom is -0.361 e. The molecule has 1 amide bonds. The fourth-order valence-corrected chi connectivity index (χ4v) is 2.72. The first-order valence-corrected chi connectivity index (χ1v) is 7.79. The lowest BCUT2D eigenvalue weighted by atomic mass is 10.0. The van der Waals surface area contributed by atoms with Crippen LogP contribution in [0.3, 0.4) is 0 Å². The van der Waals surface area contributed by atoms with Crippen LogP contribution in [0.4, 0.5) is 0 Å². The topological polar surface area (TPSA) is 73.0 Å². The summed E-state index contributed by atoms with van der Waals surface area (Å²) < 4.78 is 7.04. The first-order chi connectivity index (χ1) is 11.6. The third-order valence-electron chi connectivity index (χ3n) is 4.07. The molecule has 0 saturated heterocycles. The van der Waals surface area contributed by atoms with E-state index in [2.05, 4.69) is 15.5 Å². The van der Waals surface area contributed by atoms with E-state index >= 15 is 0 Å². The number of benzene rings is 1. The standard InChI is InChI=1S/C18H20N4O2/c1-12-15(13(2)24-21-12)11-16(23)20-17(14-7-5-4-6-8-14)18-19-9-10-22(18)3/h4-10,17H,11H2,1-3H3,(H,20,23). The number of carbonyl (C=O) groups is 1. The molecule has 24 heavy (non-hydrogen) atoms. The zero-order valence-corrected chi connectivity index (χ0v) is 14.0. The van der Waals surface area contributed by atoms with Crippen LogP contribution in [0.1, 0.15) is 34.4 Å². The first kappa shape index (κ1) is 16.0. The quantitative estimate of drug-likeness (QED) is 0.782. The Kier molecular flexibility index (Phi) is 4.46. The van der Waals surface area contributed by atoms with Gasteiger partial charge in [0.1, 0.15) is 17.6 Å². The molecule has 6 heteroatoms. The minimum atomic E-state index is -0.306. The number of aromatic nitrogens is 3. The predicted molar refractivity (Wildman–Crippen MR) is 89.3 cm³/mol. The smallest absolute Gasteiger partial charge is 0.225 e. The first-order valence-electron chi connectivity index (χ1n) is 7.79. The van der Waals surface area contributed by atoms with E-state index in [1.807, 2.05) is 62.0 Å². The third kappa shape index (κ3) is 3.22. The molecule has 2 heterocycles. The van der Waals surface area contributed by atoms with Crippen molar-refractivity contribution in [3.05, 3.63) is 71.1 Å². The van der Waals surface area contributed by atoms with Crippen LogP contribution in [-0.4, -0.2) is 20.6 Å². The Morgan fingerprint density at radius 2 is 2.04 bits per heavy atom. The third-order valence-corrected chi connectivity index (χ3v) is 4.07. The lowest BCUT2D eigenvalue weighted by molar-refractivity contribution is -0.121. The molecule has 0 aliphatic carbocycles. The fraction of sp³-hybridized carbons (Fsp3) is 0.278. The normalized spacial score (nSPS) is 12.1. The highest BCUT2D eigenvalue weighted by atomic mass is 16.5. The zero-order valence-electron chi connectivity index (χ0n) is 14.0. The molecule has 0 aliphatic heterocycles. The lowest BCUT2D eigenvalue weighted by Crippen LogP contribution is -2.32. The molecular weight excluding hydrogens is 304 g/mol. The molecule has 1 unspecified atom stereocenters. The lowest BCUT2D eigenvalue weighted by Gasteiger charge is -2.19. The molecule has 0 saturated carbocycles. The maximum Gasteiger partial charge on any atom is 0.225 e. The Morgan fingerprint density at radius 3 is 2.62 bits per heavy atom. The summed E-state index contributed by atoms with van der Waals surface area (Å²) >= 11 is 0. The summed E-state index contributed by atoms with van der Waals surface area (Å²) in [6.45, 7) is 3.66. The van der Waals surface area contributed by atoms with E-state index in [0.717, 1.165) is 22.6 Å². The van der Waals surface area contributed by atoms with Gasteiger partial charge < -0.3 is 14.4 Å². The van der Waals surface area contributed by atoms with Crippen LogP contribution < -0.4 is 5.32 Å². The monoisotopic (exact) mass is 324 g/mol. The predicted octanol–water partition coefficient (Wildman–Crippen LogP) is 2.47. The average Bonchev–Trinajstić information content (AvgIpc) is 3.14. The number of amides is 1. The van der Waals surface area contributed by atoms with Crippen molar-refractivity contribution < 1.29 is 9.32 Å². The number of hydrogen-bond donors (Lipinski definition) is 1. The summed E-state index contributed by atoms with van der Waals surface area (Å²) in [4.78, 5) is 17.0. The number of imidazole rings is 1. The van der Waals surface area contributed by atoms with Crippen molar-refractivity contribution in [1.29, 1.82) is 0 Å². The molecule has 3 aromatic rings. The maximum absolute atomic E-state index is 12.6. The summed E-state index contributed by atoms with van der Waals surface area (Å²) in [7, 11) is 1.92. The zero-order chi connectivity index (χ0) is 17.1. The summed E-state index contributed by atoms with van der Waals surface area (Å²) in [5.74, 6) is 1.37. The molecule has 6 nitrogen and oxygen atoms in total. The molecule has 0 bridgehead atoms. The second-order valence-corrected chi connectivity index (χ2v) is 5.79. The number of hydrogen-bond acceptors (Lipinski definition) is 4. The van der Waals surface area contributed by atoms with Crippen LogP contribution >= 0.6 is 0 Å². The van der Waals surface area contributed by atoms with Gasteiger partial charge in [0.15, 0.2) is 0 Å². The Hall–Kier alpha value is -2.89. The molecule has 0 aliphatic rings. The van der Waals surface area contributed by atoms with Gasteiger partial charge in [-0.05, 0) is 19.4 Å². The van der Waals surface area contributed by atoms with Gasteiger partial charge in [-0.3, -0.25) is 4.79 Å². The molecule has 3 rings (SSSR count). The Bertz CT molecular complexity index is 816. The second kappa shape index (κ2) is 6.70. The van der Waals surface area contributed by atoms with E-state index in [0.29, 0.717) is 5.76 Å². The maximum atomic E-state index is 12.6. The Labute approximate surface area is 140 Å². The van der Waals surface area contributed by atoms with Gasteiger partial charge in [0.25, 0.3) is 0 Å². The summed E-state index contributed by atoms with van der Waals surface area (Å²) in [6.07, 6.45) is 3.83. The number of aryl methyl sites for hydroxylation is 3. The van der Waals surface area contributed by atoms with Gasteiger partial charge >= 0.3 is 0 Å². The van der Waals surface area contributed by atoms with Crippen LogP contribution in [0, 0.1) is 13.8 Å². The highest BCUT2D eigenvalue weighted by Gasteiger charge is 2.22. The number of nitrogens with zero attached hydrogens (tertiary/aromatic N) is 3. The van der Waals surface area contributed by atoms with E-state index < -0.39 is 0 Å². The van der Waals surface area contributed by atoms with E-state index in [-0.39, 0.29) is 18.4 Å². The van der Waals surface area contributed by atoms with Crippen molar-refractivity contribution in [3.8, 4) is 0 Å². The van der Waals surface area contributed by atoms with Crippen LogP contribution in [0.2, 0.25) is 0 Å². The molecule has 0 spiro atoms. The van der Waals surface area contributed by atoms with Crippen molar-refractivity contribution in [2.24, 2.45) is 7.05 Å². The average molecular weight is 324 g/mol. The van der Waals surface area contributed by atoms with E-state index in [1.165, 1.54) is 0 Å². The number of rotatable bonds is 5. The SMILES string of the molecule is Cc1noc(C)c1CC(=O)NC(c1ccccc1)c1nccn1C. The minimum absolute atomic E-state index is 0.0961. The van der Waals surface area contributed by atoms with Gasteiger partial charge in [-0.15, -0.1) is 0 Å². The molecule has 2 aromatic heterocycles. The molecule has 0 radical (unpaired) electrons. The Balaban J connectivity index is 1.85. The van der Waals surface area contributed by atoms with Crippen molar-refractivity contribution >= 4 is 5.91 Å². The van der Waals surface area contributed by atoms with Crippen LogP contribution in [0.25, 0.3) is 0 Å².